The van der Waals surface area contributed by atoms with E-state index in [-0.39, 0.29) is 11.9 Å². The van der Waals surface area contributed by atoms with Crippen molar-refractivity contribution < 1.29 is 4.39 Å². The summed E-state index contributed by atoms with van der Waals surface area (Å²) in [4.78, 5) is 0. The number of hydrogen-bond acceptors (Lipinski definition) is 3. The van der Waals surface area contributed by atoms with Crippen LogP contribution < -0.4 is 11.3 Å². The summed E-state index contributed by atoms with van der Waals surface area (Å²) in [5, 5.41) is 0. The third-order valence-corrected chi connectivity index (χ3v) is 2.73. The molecule has 0 saturated heterocycles. The van der Waals surface area contributed by atoms with Gasteiger partial charge in [0, 0.05) is 6.04 Å². The lowest BCUT2D eigenvalue weighted by atomic mass is 10.1. The molecule has 0 amide bonds. The third-order valence-electron chi connectivity index (χ3n) is 2.08. The molecule has 4 heteroatoms. The number of halogens is 1. The zero-order valence-electron chi connectivity index (χ0n) is 8.16. The molecule has 0 bridgehead atoms. The topological polar surface area (TPSA) is 38.0 Å². The van der Waals surface area contributed by atoms with Gasteiger partial charge in [-0.2, -0.15) is 11.8 Å². The maximum absolute atomic E-state index is 12.7. The van der Waals surface area contributed by atoms with E-state index in [0.29, 0.717) is 0 Å². The highest BCUT2D eigenvalue weighted by molar-refractivity contribution is 7.98. The number of thioether (sulfide) groups is 1. The van der Waals surface area contributed by atoms with Crippen LogP contribution in [0.1, 0.15) is 18.0 Å². The lowest BCUT2D eigenvalue weighted by Crippen LogP contribution is -2.28. The minimum atomic E-state index is -0.214. The second-order valence-corrected chi connectivity index (χ2v) is 4.04. The van der Waals surface area contributed by atoms with Crippen molar-refractivity contribution in [1.29, 1.82) is 0 Å². The predicted molar refractivity (Wildman–Crippen MR) is 59.5 cm³/mol. The van der Waals surface area contributed by atoms with Gasteiger partial charge in [-0.15, -0.1) is 0 Å². The molecular weight excluding hydrogens is 199 g/mol. The molecule has 0 spiro atoms. The Labute approximate surface area is 88.0 Å². The molecule has 0 aliphatic rings. The maximum atomic E-state index is 12.7. The molecule has 0 aromatic heterocycles. The summed E-state index contributed by atoms with van der Waals surface area (Å²) in [5.41, 5.74) is 3.77. The highest BCUT2D eigenvalue weighted by atomic mass is 32.2. The van der Waals surface area contributed by atoms with E-state index in [1.54, 1.807) is 23.9 Å². The molecule has 3 N–H and O–H groups in total. The molecule has 1 aromatic carbocycles. The Hall–Kier alpha value is -0.580. The highest BCUT2D eigenvalue weighted by Crippen LogP contribution is 2.17. The van der Waals surface area contributed by atoms with E-state index in [9.17, 15) is 4.39 Å². The molecule has 1 rings (SSSR count). The zero-order chi connectivity index (χ0) is 10.4. The van der Waals surface area contributed by atoms with Gasteiger partial charge in [0.25, 0.3) is 0 Å². The molecule has 14 heavy (non-hydrogen) atoms. The largest absolute Gasteiger partial charge is 0.271 e. The van der Waals surface area contributed by atoms with E-state index < -0.39 is 0 Å². The molecule has 0 aliphatic heterocycles. The first-order chi connectivity index (χ1) is 6.77. The summed E-state index contributed by atoms with van der Waals surface area (Å²) in [5.74, 6) is 6.25. The quantitative estimate of drug-likeness (QED) is 0.582. The van der Waals surface area contributed by atoms with E-state index >= 15 is 0 Å². The number of nitrogens with two attached hydrogens (primary N) is 1. The monoisotopic (exact) mass is 214 g/mol. The summed E-state index contributed by atoms with van der Waals surface area (Å²) in [6.07, 6.45) is 3.00. The fourth-order valence-electron chi connectivity index (χ4n) is 1.28. The van der Waals surface area contributed by atoms with Gasteiger partial charge in [0.15, 0.2) is 0 Å². The van der Waals surface area contributed by atoms with Crippen LogP contribution >= 0.6 is 11.8 Å². The summed E-state index contributed by atoms with van der Waals surface area (Å²) < 4.78 is 12.7. The van der Waals surface area contributed by atoms with Crippen LogP contribution in [0, 0.1) is 5.82 Å². The van der Waals surface area contributed by atoms with Gasteiger partial charge in [-0.1, -0.05) is 12.1 Å². The van der Waals surface area contributed by atoms with Crippen molar-refractivity contribution in [3.05, 3.63) is 35.6 Å². The number of hydrazine groups is 1. The van der Waals surface area contributed by atoms with Crippen LogP contribution in [0.25, 0.3) is 0 Å². The molecule has 0 aliphatic carbocycles. The van der Waals surface area contributed by atoms with Crippen molar-refractivity contribution >= 4 is 11.8 Å². The van der Waals surface area contributed by atoms with E-state index in [1.807, 2.05) is 0 Å². The molecule has 0 radical (unpaired) electrons. The number of benzene rings is 1. The van der Waals surface area contributed by atoms with E-state index in [2.05, 4.69) is 11.7 Å². The van der Waals surface area contributed by atoms with E-state index in [4.69, 9.17) is 5.84 Å². The van der Waals surface area contributed by atoms with Crippen molar-refractivity contribution in [2.24, 2.45) is 5.84 Å². The van der Waals surface area contributed by atoms with Crippen molar-refractivity contribution in [1.82, 2.24) is 5.43 Å². The highest BCUT2D eigenvalue weighted by Gasteiger charge is 2.08. The number of rotatable bonds is 5. The van der Waals surface area contributed by atoms with Gasteiger partial charge < -0.3 is 0 Å². The predicted octanol–water partition coefficient (Wildman–Crippen LogP) is 2.08. The molecule has 1 unspecified atom stereocenters. The fourth-order valence-corrected chi connectivity index (χ4v) is 1.75. The maximum Gasteiger partial charge on any atom is 0.123 e. The molecule has 78 valence electrons. The Kier molecular flexibility index (Phi) is 4.93. The summed E-state index contributed by atoms with van der Waals surface area (Å²) >= 11 is 1.77. The summed E-state index contributed by atoms with van der Waals surface area (Å²) in [6, 6.07) is 6.56. The van der Waals surface area contributed by atoms with Crippen molar-refractivity contribution in [3.63, 3.8) is 0 Å². The van der Waals surface area contributed by atoms with Gasteiger partial charge in [0.2, 0.25) is 0 Å². The van der Waals surface area contributed by atoms with Crippen molar-refractivity contribution in [2.75, 3.05) is 12.0 Å². The van der Waals surface area contributed by atoms with Gasteiger partial charge in [-0.25, -0.2) is 4.39 Å². The standard InChI is InChI=1S/C10H15FN2S/c1-14-7-6-10(13-12)8-2-4-9(11)5-3-8/h2-5,10,13H,6-7,12H2,1H3. The molecule has 1 atom stereocenters. The third kappa shape index (κ3) is 3.29. The second kappa shape index (κ2) is 6.01. The minimum absolute atomic E-state index is 0.114. The normalized spacial score (nSPS) is 12.8. The lowest BCUT2D eigenvalue weighted by Gasteiger charge is -2.15. The average Bonchev–Trinajstić information content (AvgIpc) is 2.21. The molecular formula is C10H15FN2S. The first-order valence-electron chi connectivity index (χ1n) is 4.48. The van der Waals surface area contributed by atoms with Crippen molar-refractivity contribution in [3.8, 4) is 0 Å². The average molecular weight is 214 g/mol. The second-order valence-electron chi connectivity index (χ2n) is 3.05. The number of nitrogens with one attached hydrogen (secondary N) is 1. The Morgan fingerprint density at radius 3 is 2.57 bits per heavy atom. The minimum Gasteiger partial charge on any atom is -0.271 e. The molecule has 0 heterocycles. The fraction of sp³-hybridized carbons (Fsp3) is 0.400. The molecule has 1 aromatic rings. The van der Waals surface area contributed by atoms with Crippen LogP contribution in [0.5, 0.6) is 0 Å². The van der Waals surface area contributed by atoms with Gasteiger partial charge in [-0.3, -0.25) is 11.3 Å². The van der Waals surface area contributed by atoms with Crippen LogP contribution in [0.2, 0.25) is 0 Å². The van der Waals surface area contributed by atoms with Crippen LogP contribution in [-0.2, 0) is 0 Å². The van der Waals surface area contributed by atoms with Crippen LogP contribution in [0.3, 0.4) is 0 Å². The van der Waals surface area contributed by atoms with E-state index in [1.165, 1.54) is 12.1 Å². The Morgan fingerprint density at radius 1 is 1.43 bits per heavy atom. The Balaban J connectivity index is 2.64. The van der Waals surface area contributed by atoms with Gasteiger partial charge in [0.05, 0.1) is 0 Å². The SMILES string of the molecule is CSCCC(NN)c1ccc(F)cc1. The van der Waals surface area contributed by atoms with Gasteiger partial charge >= 0.3 is 0 Å². The van der Waals surface area contributed by atoms with Crippen LogP contribution in [0.15, 0.2) is 24.3 Å². The molecule has 2 nitrogen and oxygen atoms in total. The van der Waals surface area contributed by atoms with Gasteiger partial charge in [-0.05, 0) is 36.1 Å². The number of hydrogen-bond donors (Lipinski definition) is 2. The zero-order valence-corrected chi connectivity index (χ0v) is 8.98. The Bertz CT molecular complexity index is 263. The van der Waals surface area contributed by atoms with Crippen LogP contribution in [0.4, 0.5) is 4.39 Å². The first-order valence-corrected chi connectivity index (χ1v) is 5.88. The smallest absolute Gasteiger partial charge is 0.123 e. The van der Waals surface area contributed by atoms with Crippen molar-refractivity contribution in [2.45, 2.75) is 12.5 Å². The van der Waals surface area contributed by atoms with Crippen LogP contribution in [-0.4, -0.2) is 12.0 Å². The first kappa shape index (κ1) is 11.5. The van der Waals surface area contributed by atoms with E-state index in [0.717, 1.165) is 17.7 Å². The summed E-state index contributed by atoms with van der Waals surface area (Å²) in [7, 11) is 0. The summed E-state index contributed by atoms with van der Waals surface area (Å²) in [6.45, 7) is 0. The molecule has 0 saturated carbocycles. The Morgan fingerprint density at radius 2 is 2.07 bits per heavy atom. The lowest BCUT2D eigenvalue weighted by molar-refractivity contribution is 0.540. The molecule has 0 fully saturated rings. The van der Waals surface area contributed by atoms with Gasteiger partial charge in [0.1, 0.15) is 5.82 Å².